The summed E-state index contributed by atoms with van der Waals surface area (Å²) in [6, 6.07) is 9.87. The van der Waals surface area contributed by atoms with Gasteiger partial charge in [-0.25, -0.2) is 4.79 Å². The Balaban J connectivity index is 1.73. The van der Waals surface area contributed by atoms with Gasteiger partial charge in [-0.2, -0.15) is 0 Å². The van der Waals surface area contributed by atoms with E-state index in [1.54, 1.807) is 6.07 Å². The molecule has 31 heavy (non-hydrogen) atoms. The Morgan fingerprint density at radius 1 is 1.00 bits per heavy atom. The second-order valence-electron chi connectivity index (χ2n) is 9.94. The molecule has 0 saturated carbocycles. The van der Waals surface area contributed by atoms with Crippen LogP contribution in [0.3, 0.4) is 0 Å². The van der Waals surface area contributed by atoms with Crippen LogP contribution in [0.4, 0.5) is 0 Å². The number of carboxylic acid groups (broad SMARTS) is 1. The number of rotatable bonds is 5. The van der Waals surface area contributed by atoms with Gasteiger partial charge < -0.3 is 19.0 Å². The molecule has 5 nitrogen and oxygen atoms in total. The van der Waals surface area contributed by atoms with Crippen molar-refractivity contribution in [2.45, 2.75) is 70.5 Å². The van der Waals surface area contributed by atoms with Crippen molar-refractivity contribution in [2.75, 3.05) is 13.2 Å². The zero-order valence-corrected chi connectivity index (χ0v) is 18.9. The Hall–Kier alpha value is -2.37. The molecule has 1 aromatic carbocycles. The quantitative estimate of drug-likeness (QED) is 0.635. The first-order valence-corrected chi connectivity index (χ1v) is 11.1. The van der Waals surface area contributed by atoms with Crippen LogP contribution in [0.25, 0.3) is 11.6 Å². The van der Waals surface area contributed by atoms with Crippen LogP contribution in [0.15, 0.2) is 34.7 Å². The smallest absolute Gasteiger partial charge is 0.371 e. The molecule has 0 amide bonds. The topological polar surface area (TPSA) is 68.9 Å². The van der Waals surface area contributed by atoms with Gasteiger partial charge in [-0.15, -0.1) is 0 Å². The van der Waals surface area contributed by atoms with Crippen molar-refractivity contribution in [3.8, 4) is 0 Å². The number of ether oxygens (including phenoxy) is 2. The summed E-state index contributed by atoms with van der Waals surface area (Å²) in [5, 5.41) is 9.27. The molecule has 2 aliphatic rings. The van der Waals surface area contributed by atoms with Gasteiger partial charge in [0.25, 0.3) is 0 Å². The molecular formula is C26H32O5. The summed E-state index contributed by atoms with van der Waals surface area (Å²) < 4.78 is 17.1. The number of furan rings is 1. The fourth-order valence-corrected chi connectivity index (χ4v) is 4.59. The maximum Gasteiger partial charge on any atom is 0.371 e. The van der Waals surface area contributed by atoms with E-state index < -0.39 is 5.97 Å². The Kier molecular flexibility index (Phi) is 5.84. The predicted octanol–water partition coefficient (Wildman–Crippen LogP) is 6.02. The third-order valence-electron chi connectivity index (χ3n) is 6.63. The number of carboxylic acids is 1. The highest BCUT2D eigenvalue weighted by atomic mass is 16.7. The zero-order valence-electron chi connectivity index (χ0n) is 18.9. The first kappa shape index (κ1) is 21.8. The second-order valence-corrected chi connectivity index (χ2v) is 9.94. The lowest BCUT2D eigenvalue weighted by Gasteiger charge is -2.42. The molecule has 1 N–H and O–H groups in total. The number of benzene rings is 1. The molecule has 0 unspecified atom stereocenters. The van der Waals surface area contributed by atoms with Gasteiger partial charge in [0.1, 0.15) is 5.76 Å². The third kappa shape index (κ3) is 4.63. The fourth-order valence-electron chi connectivity index (χ4n) is 4.59. The van der Waals surface area contributed by atoms with E-state index in [1.807, 2.05) is 0 Å². The minimum absolute atomic E-state index is 0.0697. The van der Waals surface area contributed by atoms with E-state index in [9.17, 15) is 9.90 Å². The molecule has 1 fully saturated rings. The van der Waals surface area contributed by atoms with Crippen LogP contribution in [0.5, 0.6) is 0 Å². The summed E-state index contributed by atoms with van der Waals surface area (Å²) in [7, 11) is 0. The van der Waals surface area contributed by atoms with Crippen LogP contribution >= 0.6 is 0 Å². The van der Waals surface area contributed by atoms with Crippen LogP contribution in [0.2, 0.25) is 0 Å². The van der Waals surface area contributed by atoms with Gasteiger partial charge in [0.15, 0.2) is 6.29 Å². The van der Waals surface area contributed by atoms with Gasteiger partial charge in [0, 0.05) is 12.0 Å². The Morgan fingerprint density at radius 3 is 2.29 bits per heavy atom. The van der Waals surface area contributed by atoms with Crippen LogP contribution in [-0.4, -0.2) is 30.6 Å². The molecule has 2 heterocycles. The van der Waals surface area contributed by atoms with Crippen molar-refractivity contribution < 1.29 is 23.8 Å². The van der Waals surface area contributed by atoms with Crippen LogP contribution in [0, 0.1) is 0 Å². The van der Waals surface area contributed by atoms with E-state index in [-0.39, 0.29) is 22.9 Å². The summed E-state index contributed by atoms with van der Waals surface area (Å²) in [6.45, 7) is 10.6. The SMILES string of the molecule is CC1(C)CCC(C)(C)c2cc(C=C(CC3OCCCO3)c3ccc(C(=O)O)o3)ccc21. The molecule has 4 rings (SSSR count). The summed E-state index contributed by atoms with van der Waals surface area (Å²) in [6.07, 6.45) is 5.43. The Labute approximate surface area is 184 Å². The van der Waals surface area contributed by atoms with E-state index >= 15 is 0 Å². The first-order valence-electron chi connectivity index (χ1n) is 11.1. The maximum absolute atomic E-state index is 11.3. The summed E-state index contributed by atoms with van der Waals surface area (Å²) in [4.78, 5) is 11.3. The highest BCUT2D eigenvalue weighted by Crippen LogP contribution is 2.46. The lowest BCUT2D eigenvalue weighted by atomic mass is 9.63. The number of aromatic carboxylic acids is 1. The van der Waals surface area contributed by atoms with Crippen molar-refractivity contribution in [1.29, 1.82) is 0 Å². The van der Waals surface area contributed by atoms with Crippen molar-refractivity contribution in [2.24, 2.45) is 0 Å². The van der Waals surface area contributed by atoms with Crippen LogP contribution in [0.1, 0.15) is 86.4 Å². The van der Waals surface area contributed by atoms with E-state index in [0.717, 1.165) is 24.0 Å². The molecule has 0 radical (unpaired) electrons. The molecule has 1 aliphatic heterocycles. The van der Waals surface area contributed by atoms with Gasteiger partial charge in [-0.05, 0) is 65.0 Å². The van der Waals surface area contributed by atoms with Crippen molar-refractivity contribution in [1.82, 2.24) is 0 Å². The van der Waals surface area contributed by atoms with Gasteiger partial charge in [-0.3, -0.25) is 0 Å². The molecule has 0 atom stereocenters. The van der Waals surface area contributed by atoms with Crippen molar-refractivity contribution in [3.05, 3.63) is 58.5 Å². The molecule has 5 heteroatoms. The fraction of sp³-hybridized carbons (Fsp3) is 0.500. The Morgan fingerprint density at radius 2 is 1.65 bits per heavy atom. The number of hydrogen-bond donors (Lipinski definition) is 1. The largest absolute Gasteiger partial charge is 0.475 e. The number of hydrogen-bond acceptors (Lipinski definition) is 4. The highest BCUT2D eigenvalue weighted by molar-refractivity contribution is 5.86. The van der Waals surface area contributed by atoms with Gasteiger partial charge in [-0.1, -0.05) is 45.9 Å². The first-order chi connectivity index (χ1) is 14.7. The van der Waals surface area contributed by atoms with Gasteiger partial charge in [0.2, 0.25) is 5.76 Å². The average molecular weight is 425 g/mol. The van der Waals surface area contributed by atoms with Gasteiger partial charge >= 0.3 is 5.97 Å². The third-order valence-corrected chi connectivity index (χ3v) is 6.63. The molecule has 166 valence electrons. The summed E-state index contributed by atoms with van der Waals surface area (Å²) in [5.41, 5.74) is 5.01. The van der Waals surface area contributed by atoms with Gasteiger partial charge in [0.05, 0.1) is 13.2 Å². The lowest BCUT2D eigenvalue weighted by molar-refractivity contribution is -0.174. The highest BCUT2D eigenvalue weighted by Gasteiger charge is 2.36. The monoisotopic (exact) mass is 424 g/mol. The molecule has 1 saturated heterocycles. The molecule has 2 aromatic rings. The van der Waals surface area contributed by atoms with E-state index in [4.69, 9.17) is 13.9 Å². The minimum atomic E-state index is -1.08. The minimum Gasteiger partial charge on any atom is -0.475 e. The van der Waals surface area contributed by atoms with Crippen molar-refractivity contribution in [3.63, 3.8) is 0 Å². The number of carbonyl (C=O) groups is 1. The van der Waals surface area contributed by atoms with Crippen LogP contribution in [-0.2, 0) is 20.3 Å². The molecule has 1 aliphatic carbocycles. The molecule has 0 bridgehead atoms. The van der Waals surface area contributed by atoms with Crippen molar-refractivity contribution >= 4 is 17.6 Å². The van der Waals surface area contributed by atoms with E-state index in [2.05, 4.69) is 52.0 Å². The summed E-state index contributed by atoms with van der Waals surface area (Å²) in [5.74, 6) is -0.610. The van der Waals surface area contributed by atoms with E-state index in [1.165, 1.54) is 23.6 Å². The Bertz CT molecular complexity index is 989. The number of fused-ring (bicyclic) bond motifs is 1. The summed E-state index contributed by atoms with van der Waals surface area (Å²) >= 11 is 0. The maximum atomic E-state index is 11.3. The van der Waals surface area contributed by atoms with Crippen LogP contribution < -0.4 is 0 Å². The predicted molar refractivity (Wildman–Crippen MR) is 120 cm³/mol. The second kappa shape index (κ2) is 8.29. The van der Waals surface area contributed by atoms with E-state index in [0.29, 0.717) is 25.4 Å². The normalized spacial score (nSPS) is 21.0. The molecular weight excluding hydrogens is 392 g/mol. The lowest BCUT2D eigenvalue weighted by Crippen LogP contribution is -2.33. The zero-order chi connectivity index (χ0) is 22.2. The molecule has 0 spiro atoms. The average Bonchev–Trinajstić information content (AvgIpc) is 3.23. The standard InChI is InChI=1S/C26H32O5/c1-25(2)10-11-26(3,4)20-15-17(6-7-19(20)25)14-18(16-23-29-12-5-13-30-23)21-8-9-22(31-21)24(27)28/h6-9,14-15,23H,5,10-13,16H2,1-4H3,(H,27,28). The molecule has 1 aromatic heterocycles.